The molecule has 1 aromatic heterocycles. The van der Waals surface area contributed by atoms with Crippen molar-refractivity contribution >= 4 is 22.9 Å². The molecule has 54 heavy (non-hydrogen) atoms. The highest BCUT2D eigenvalue weighted by molar-refractivity contribution is 5.83. The number of hydrogen-bond acceptors (Lipinski definition) is 8. The van der Waals surface area contributed by atoms with Crippen molar-refractivity contribution in [3.63, 3.8) is 0 Å². The largest absolute Gasteiger partial charge is 0.453 e. The van der Waals surface area contributed by atoms with E-state index in [4.69, 9.17) is 14.2 Å². The van der Waals surface area contributed by atoms with E-state index in [1.807, 2.05) is 102 Å². The van der Waals surface area contributed by atoms with Crippen LogP contribution in [0.4, 0.5) is 0 Å². The Balaban J connectivity index is 1.07. The van der Waals surface area contributed by atoms with Gasteiger partial charge in [-0.25, -0.2) is 4.79 Å². The third-order valence-corrected chi connectivity index (χ3v) is 10.8. The second-order valence-electron chi connectivity index (χ2n) is 14.4. The number of aromatic amines is 1. The molecule has 3 heterocycles. The molecule has 4 aromatic carbocycles. The minimum atomic E-state index is -0.879. The number of likely N-dealkylation sites (tertiary alicyclic amines) is 1. The molecule has 2 aliphatic heterocycles. The van der Waals surface area contributed by atoms with E-state index in [-0.39, 0.29) is 48.9 Å². The van der Waals surface area contributed by atoms with E-state index in [0.717, 1.165) is 76.9 Å². The number of imidazole rings is 1. The van der Waals surface area contributed by atoms with Crippen LogP contribution in [-0.4, -0.2) is 63.3 Å². The second kappa shape index (κ2) is 16.5. The number of nitrogens with one attached hydrogen (secondary N) is 2. The Bertz CT molecular complexity index is 2120. The minimum Gasteiger partial charge on any atom is -0.453 e. The van der Waals surface area contributed by atoms with Crippen molar-refractivity contribution in [1.29, 1.82) is 0 Å². The molecule has 3 N–H and O–H groups in total. The van der Waals surface area contributed by atoms with Gasteiger partial charge in [-0.05, 0) is 59.7 Å². The summed E-state index contributed by atoms with van der Waals surface area (Å²) in [7, 11) is 0. The molecule has 2 aliphatic rings. The summed E-state index contributed by atoms with van der Waals surface area (Å²) in [6.45, 7) is 7.70. The van der Waals surface area contributed by atoms with Crippen LogP contribution < -0.4 is 11.0 Å². The number of ether oxygens (including phenoxy) is 3. The first-order chi connectivity index (χ1) is 26.2. The van der Waals surface area contributed by atoms with Gasteiger partial charge in [0.15, 0.2) is 12.4 Å². The van der Waals surface area contributed by atoms with Gasteiger partial charge in [0.25, 0.3) is 5.91 Å². The van der Waals surface area contributed by atoms with Crippen molar-refractivity contribution in [2.45, 2.75) is 77.4 Å². The number of para-hydroxylation sites is 2. The Labute approximate surface area is 314 Å². The summed E-state index contributed by atoms with van der Waals surface area (Å²) in [5.41, 5.74) is 7.42. The zero-order valence-electron chi connectivity index (χ0n) is 30.9. The topological polar surface area (TPSA) is 135 Å². The summed E-state index contributed by atoms with van der Waals surface area (Å²) in [6, 6.07) is 31.9. The quantitative estimate of drug-likeness (QED) is 0.137. The van der Waals surface area contributed by atoms with E-state index >= 15 is 0 Å². The summed E-state index contributed by atoms with van der Waals surface area (Å²) >= 11 is 0. The summed E-state index contributed by atoms with van der Waals surface area (Å²) in [5, 5.41) is 12.5. The van der Waals surface area contributed by atoms with Crippen molar-refractivity contribution < 1.29 is 28.9 Å². The Morgan fingerprint density at radius 3 is 2.33 bits per heavy atom. The number of piperidine rings is 1. The number of carbonyl (C=O) groups excluding carboxylic acids is 2. The van der Waals surface area contributed by atoms with Crippen molar-refractivity contribution in [2.24, 2.45) is 5.92 Å². The molecule has 0 aliphatic carbocycles. The third kappa shape index (κ3) is 8.19. The predicted molar refractivity (Wildman–Crippen MR) is 205 cm³/mol. The highest BCUT2D eigenvalue weighted by atomic mass is 16.7. The van der Waals surface area contributed by atoms with Gasteiger partial charge in [0.05, 0.1) is 29.8 Å². The maximum Gasteiger partial charge on any atom is 0.326 e. The van der Waals surface area contributed by atoms with Gasteiger partial charge in [-0.1, -0.05) is 91.9 Å². The number of esters is 1. The van der Waals surface area contributed by atoms with Gasteiger partial charge < -0.3 is 34.5 Å². The molecule has 11 heteroatoms. The van der Waals surface area contributed by atoms with Crippen LogP contribution >= 0.6 is 0 Å². The fourth-order valence-corrected chi connectivity index (χ4v) is 7.78. The number of benzene rings is 4. The van der Waals surface area contributed by atoms with Gasteiger partial charge in [-0.3, -0.25) is 14.2 Å². The van der Waals surface area contributed by atoms with Crippen LogP contribution in [0.15, 0.2) is 102 Å². The van der Waals surface area contributed by atoms with Crippen molar-refractivity contribution in [3.05, 3.63) is 130 Å². The average Bonchev–Trinajstić information content (AvgIpc) is 3.53. The van der Waals surface area contributed by atoms with Gasteiger partial charge >= 0.3 is 11.7 Å². The molecule has 282 valence electrons. The van der Waals surface area contributed by atoms with E-state index < -0.39 is 18.4 Å². The van der Waals surface area contributed by atoms with Gasteiger partial charge in [0.2, 0.25) is 0 Å². The number of hydrogen-bond donors (Lipinski definition) is 3. The monoisotopic (exact) mass is 732 g/mol. The number of amides is 1. The second-order valence-corrected chi connectivity index (χ2v) is 14.4. The number of rotatable bonds is 11. The molecule has 0 spiro atoms. The maximum absolute atomic E-state index is 12.9. The summed E-state index contributed by atoms with van der Waals surface area (Å²) in [6.07, 6.45) is -0.114. The van der Waals surface area contributed by atoms with Gasteiger partial charge in [-0.15, -0.1) is 0 Å². The van der Waals surface area contributed by atoms with Crippen LogP contribution in [0.5, 0.6) is 0 Å². The Morgan fingerprint density at radius 2 is 1.61 bits per heavy atom. The fourth-order valence-electron chi connectivity index (χ4n) is 7.78. The molecule has 11 nitrogen and oxygen atoms in total. The molecule has 5 atom stereocenters. The molecule has 7 rings (SSSR count). The molecular formula is C43H48N4O7. The fraction of sp³-hybridized carbons (Fsp3) is 0.372. The van der Waals surface area contributed by atoms with Crippen molar-refractivity contribution in [2.75, 3.05) is 19.6 Å². The average molecular weight is 733 g/mol. The predicted octanol–water partition coefficient (Wildman–Crippen LogP) is 6.19. The lowest BCUT2D eigenvalue weighted by Gasteiger charge is -2.44. The molecule has 5 unspecified atom stereocenters. The van der Waals surface area contributed by atoms with Gasteiger partial charge in [0, 0.05) is 50.6 Å². The minimum absolute atomic E-state index is 0.0222. The first kappa shape index (κ1) is 37.3. The van der Waals surface area contributed by atoms with Crippen molar-refractivity contribution in [1.82, 2.24) is 19.8 Å². The van der Waals surface area contributed by atoms with Crippen LogP contribution in [0, 0.1) is 5.92 Å². The number of aliphatic hydroxyl groups is 1. The zero-order valence-corrected chi connectivity index (χ0v) is 30.9. The molecule has 0 saturated carbocycles. The molecule has 5 aromatic rings. The smallest absolute Gasteiger partial charge is 0.326 e. The number of nitrogens with zero attached hydrogens (tertiary/aromatic N) is 2. The number of carbonyl (C=O) groups is 2. The van der Waals surface area contributed by atoms with Crippen molar-refractivity contribution in [3.8, 4) is 11.1 Å². The standard InChI is InChI=1S/C43H48N4O7/c1-27-39(25-46-22-20-35(21-23-46)47-38-11-7-6-10-37(38)45-43(47)51)53-42(54-40(27)32-14-12-30(26-48)13-15-32)33-18-16-31(17-19-33)36-9-5-4-8-34(36)24-44-41(50)28(2)52-29(3)49/h4-19,27-28,35,39-40,42,48H,20-26H2,1-3H3,(H,44,50)(H,45,51). The lowest BCUT2D eigenvalue weighted by molar-refractivity contribution is -0.276. The summed E-state index contributed by atoms with van der Waals surface area (Å²) < 4.78 is 20.5. The highest BCUT2D eigenvalue weighted by Gasteiger charge is 2.39. The van der Waals surface area contributed by atoms with Gasteiger partial charge in [0.1, 0.15) is 0 Å². The van der Waals surface area contributed by atoms with E-state index in [0.29, 0.717) is 0 Å². The van der Waals surface area contributed by atoms with Gasteiger partial charge in [-0.2, -0.15) is 0 Å². The number of H-pyrrole nitrogens is 1. The molecule has 1 amide bonds. The summed E-state index contributed by atoms with van der Waals surface area (Å²) in [5.74, 6) is -0.822. The highest BCUT2D eigenvalue weighted by Crippen LogP contribution is 2.42. The number of fused-ring (bicyclic) bond motifs is 1. The normalized spacial score (nSPS) is 21.5. The van der Waals surface area contributed by atoms with E-state index in [1.165, 1.54) is 6.92 Å². The lowest BCUT2D eigenvalue weighted by Crippen LogP contribution is -2.47. The SMILES string of the molecule is CC(=O)OC(C)C(=O)NCc1ccccc1-c1ccc(C2OC(CN3CCC(n4c(=O)[nH]c5ccccc54)CC3)C(C)C(c3ccc(CO)cc3)O2)cc1. The van der Waals surface area contributed by atoms with E-state index in [1.54, 1.807) is 6.92 Å². The third-order valence-electron chi connectivity index (χ3n) is 10.8. The first-order valence-electron chi connectivity index (χ1n) is 18.7. The van der Waals surface area contributed by atoms with Crippen LogP contribution in [0.3, 0.4) is 0 Å². The molecular weight excluding hydrogens is 684 g/mol. The van der Waals surface area contributed by atoms with E-state index in [9.17, 15) is 19.5 Å². The summed E-state index contributed by atoms with van der Waals surface area (Å²) in [4.78, 5) is 42.2. The molecule has 2 saturated heterocycles. The van der Waals surface area contributed by atoms with Crippen LogP contribution in [-0.2, 0) is 37.0 Å². The Morgan fingerprint density at radius 1 is 0.926 bits per heavy atom. The number of aliphatic hydroxyl groups excluding tert-OH is 1. The molecule has 2 fully saturated rings. The molecule has 0 bridgehead atoms. The Kier molecular flexibility index (Phi) is 11.4. The van der Waals surface area contributed by atoms with Crippen LogP contribution in [0.1, 0.15) is 74.3 Å². The zero-order chi connectivity index (χ0) is 37.8. The molecule has 0 radical (unpaired) electrons. The Hall–Kier alpha value is -5.07. The van der Waals surface area contributed by atoms with Crippen LogP contribution in [0.2, 0.25) is 0 Å². The number of aromatic nitrogens is 2. The van der Waals surface area contributed by atoms with Crippen LogP contribution in [0.25, 0.3) is 22.2 Å². The first-order valence-corrected chi connectivity index (χ1v) is 18.7. The lowest BCUT2D eigenvalue weighted by atomic mass is 9.89. The maximum atomic E-state index is 12.9. The van der Waals surface area contributed by atoms with E-state index in [2.05, 4.69) is 22.1 Å².